The molecule has 2 N–H and O–H groups in total. The number of rotatable bonds is 8. The van der Waals surface area contributed by atoms with Gasteiger partial charge in [-0.15, -0.1) is 11.3 Å². The molecule has 1 atom stereocenters. The number of hydrogen-bond acceptors (Lipinski definition) is 5. The molecule has 2 aliphatic rings. The van der Waals surface area contributed by atoms with Crippen LogP contribution < -0.4 is 10.6 Å². The number of aliphatic imine (C=N–C) groups is 1. The zero-order chi connectivity index (χ0) is 21.3. The average molecular weight is 442 g/mol. The highest BCUT2D eigenvalue weighted by Crippen LogP contribution is 2.27. The molecule has 6 nitrogen and oxygen atoms in total. The Balaban J connectivity index is 1.26. The molecule has 0 spiro atoms. The van der Waals surface area contributed by atoms with Gasteiger partial charge < -0.3 is 15.4 Å². The summed E-state index contributed by atoms with van der Waals surface area (Å²) in [5, 5.41) is 9.21. The van der Waals surface area contributed by atoms with Gasteiger partial charge >= 0.3 is 0 Å². The number of benzene rings is 1. The Bertz CT molecular complexity index is 796. The number of likely N-dealkylation sites (tertiary alicyclic amines) is 1. The van der Waals surface area contributed by atoms with Gasteiger partial charge in [0.05, 0.1) is 19.3 Å². The van der Waals surface area contributed by atoms with E-state index >= 15 is 0 Å². The maximum Gasteiger partial charge on any atom is 0.191 e. The first-order chi connectivity index (χ1) is 15.3. The Morgan fingerprint density at radius 2 is 1.77 bits per heavy atom. The fourth-order valence-electron chi connectivity index (χ4n) is 4.32. The summed E-state index contributed by atoms with van der Waals surface area (Å²) in [6.45, 7) is 8.76. The lowest BCUT2D eigenvalue weighted by Gasteiger charge is -2.27. The van der Waals surface area contributed by atoms with Gasteiger partial charge in [-0.2, -0.15) is 0 Å². The Hall–Kier alpha value is -1.93. The molecule has 0 bridgehead atoms. The van der Waals surface area contributed by atoms with Crippen LogP contribution in [0.1, 0.15) is 34.9 Å². The van der Waals surface area contributed by atoms with E-state index in [1.165, 1.54) is 41.9 Å². The molecule has 0 radical (unpaired) electrons. The smallest absolute Gasteiger partial charge is 0.191 e. The van der Waals surface area contributed by atoms with Gasteiger partial charge in [-0.1, -0.05) is 30.3 Å². The maximum atomic E-state index is 5.44. The number of ether oxygens (including phenoxy) is 1. The second kappa shape index (κ2) is 11.6. The number of nitrogens with zero attached hydrogens (tertiary/aromatic N) is 3. The van der Waals surface area contributed by atoms with E-state index in [1.54, 1.807) is 0 Å². The molecule has 2 saturated heterocycles. The molecule has 1 aromatic carbocycles. The van der Waals surface area contributed by atoms with Gasteiger partial charge in [-0.25, -0.2) is 0 Å². The van der Waals surface area contributed by atoms with Crippen molar-refractivity contribution in [1.29, 1.82) is 0 Å². The molecule has 168 valence electrons. The largest absolute Gasteiger partial charge is 0.379 e. The molecule has 2 aliphatic heterocycles. The van der Waals surface area contributed by atoms with Gasteiger partial charge in [0.15, 0.2) is 5.96 Å². The van der Waals surface area contributed by atoms with Crippen molar-refractivity contribution in [2.45, 2.75) is 32.0 Å². The van der Waals surface area contributed by atoms with E-state index in [2.05, 4.69) is 67.2 Å². The molecule has 2 aromatic rings. The minimum atomic E-state index is 0.417. The summed E-state index contributed by atoms with van der Waals surface area (Å²) in [6.07, 6.45) is 2.60. The monoisotopic (exact) mass is 441 g/mol. The molecule has 0 saturated carbocycles. The lowest BCUT2D eigenvalue weighted by atomic mass is 10.1. The summed E-state index contributed by atoms with van der Waals surface area (Å²) in [5.41, 5.74) is 2.63. The van der Waals surface area contributed by atoms with E-state index in [0.717, 1.165) is 51.9 Å². The molecule has 0 aliphatic carbocycles. The molecule has 7 heteroatoms. The third-order valence-corrected chi connectivity index (χ3v) is 7.11. The van der Waals surface area contributed by atoms with Crippen LogP contribution in [0.3, 0.4) is 0 Å². The van der Waals surface area contributed by atoms with Gasteiger partial charge in [-0.3, -0.25) is 14.8 Å². The molecule has 1 unspecified atom stereocenters. The van der Waals surface area contributed by atoms with Crippen molar-refractivity contribution in [3.05, 3.63) is 57.8 Å². The third-order valence-electron chi connectivity index (χ3n) is 6.13. The molecule has 1 aromatic heterocycles. The van der Waals surface area contributed by atoms with E-state index in [9.17, 15) is 0 Å². The Labute approximate surface area is 190 Å². The molecule has 4 rings (SSSR count). The van der Waals surface area contributed by atoms with E-state index in [4.69, 9.17) is 4.74 Å². The van der Waals surface area contributed by atoms with Crippen LogP contribution in [0.4, 0.5) is 0 Å². The van der Waals surface area contributed by atoms with Crippen LogP contribution in [0.25, 0.3) is 0 Å². The quantitative estimate of drug-likeness (QED) is 0.487. The van der Waals surface area contributed by atoms with Crippen molar-refractivity contribution in [3.8, 4) is 0 Å². The van der Waals surface area contributed by atoms with E-state index in [0.29, 0.717) is 6.04 Å². The predicted octanol–water partition coefficient (Wildman–Crippen LogP) is 3.08. The summed E-state index contributed by atoms with van der Waals surface area (Å²) < 4.78 is 5.44. The molecular formula is C24H35N5OS. The highest BCUT2D eigenvalue weighted by molar-refractivity contribution is 7.10. The Kier molecular flexibility index (Phi) is 8.35. The van der Waals surface area contributed by atoms with Crippen molar-refractivity contribution in [1.82, 2.24) is 20.4 Å². The third kappa shape index (κ3) is 6.53. The molecular weight excluding hydrogens is 406 g/mol. The summed E-state index contributed by atoms with van der Waals surface area (Å²) >= 11 is 1.85. The Morgan fingerprint density at radius 3 is 2.45 bits per heavy atom. The summed E-state index contributed by atoms with van der Waals surface area (Å²) in [5.74, 6) is 0.859. The van der Waals surface area contributed by atoms with Gasteiger partial charge in [0, 0.05) is 44.6 Å². The number of nitrogens with one attached hydrogen (secondary N) is 2. The van der Waals surface area contributed by atoms with Crippen molar-refractivity contribution < 1.29 is 4.74 Å². The van der Waals surface area contributed by atoms with Crippen LogP contribution in [-0.4, -0.2) is 68.7 Å². The molecule has 0 amide bonds. The summed E-state index contributed by atoms with van der Waals surface area (Å²) in [4.78, 5) is 10.9. The standard InChI is InChI=1S/C24H35N5OS/c1-25-24(27-18-22(23-5-4-16-31-23)29-10-2-3-11-29)26-17-20-6-8-21(9-7-20)19-28-12-14-30-15-13-28/h4-9,16,22H,2-3,10-15,17-19H2,1H3,(H2,25,26,27). The van der Waals surface area contributed by atoms with Gasteiger partial charge in [0.1, 0.15) is 0 Å². The van der Waals surface area contributed by atoms with Crippen molar-refractivity contribution in [2.24, 2.45) is 4.99 Å². The summed E-state index contributed by atoms with van der Waals surface area (Å²) in [6, 6.07) is 13.7. The van der Waals surface area contributed by atoms with E-state index in [-0.39, 0.29) is 0 Å². The molecule has 3 heterocycles. The average Bonchev–Trinajstić information content (AvgIpc) is 3.53. The molecule has 31 heavy (non-hydrogen) atoms. The first-order valence-electron chi connectivity index (χ1n) is 11.4. The zero-order valence-corrected chi connectivity index (χ0v) is 19.4. The van der Waals surface area contributed by atoms with Crippen molar-refractivity contribution in [2.75, 3.05) is 53.0 Å². The van der Waals surface area contributed by atoms with Crippen LogP contribution in [0.15, 0.2) is 46.8 Å². The van der Waals surface area contributed by atoms with Gasteiger partial charge in [0.25, 0.3) is 0 Å². The number of hydrogen-bond donors (Lipinski definition) is 2. The normalized spacial score (nSPS) is 19.5. The Morgan fingerprint density at radius 1 is 1.03 bits per heavy atom. The lowest BCUT2D eigenvalue weighted by Crippen LogP contribution is -2.42. The SMILES string of the molecule is CN=C(NCc1ccc(CN2CCOCC2)cc1)NCC(c1cccs1)N1CCCC1. The highest BCUT2D eigenvalue weighted by atomic mass is 32.1. The fraction of sp³-hybridized carbons (Fsp3) is 0.542. The molecule has 2 fully saturated rings. The fourth-order valence-corrected chi connectivity index (χ4v) is 5.18. The predicted molar refractivity (Wildman–Crippen MR) is 129 cm³/mol. The van der Waals surface area contributed by atoms with Gasteiger partial charge in [-0.05, 0) is 48.5 Å². The maximum absolute atomic E-state index is 5.44. The van der Waals surface area contributed by atoms with Crippen LogP contribution >= 0.6 is 11.3 Å². The van der Waals surface area contributed by atoms with E-state index in [1.807, 2.05) is 18.4 Å². The highest BCUT2D eigenvalue weighted by Gasteiger charge is 2.24. The van der Waals surface area contributed by atoms with Gasteiger partial charge in [0.2, 0.25) is 0 Å². The lowest BCUT2D eigenvalue weighted by molar-refractivity contribution is 0.0342. The second-order valence-corrected chi connectivity index (χ2v) is 9.27. The number of guanidine groups is 1. The number of thiophene rings is 1. The number of morpholine rings is 1. The minimum absolute atomic E-state index is 0.417. The van der Waals surface area contributed by atoms with Crippen LogP contribution in [0, 0.1) is 0 Å². The first kappa shape index (κ1) is 22.3. The zero-order valence-electron chi connectivity index (χ0n) is 18.6. The summed E-state index contributed by atoms with van der Waals surface area (Å²) in [7, 11) is 1.84. The second-order valence-electron chi connectivity index (χ2n) is 8.29. The minimum Gasteiger partial charge on any atom is -0.379 e. The first-order valence-corrected chi connectivity index (χ1v) is 12.3. The van der Waals surface area contributed by atoms with Crippen LogP contribution in [0.2, 0.25) is 0 Å². The van der Waals surface area contributed by atoms with Crippen LogP contribution in [0.5, 0.6) is 0 Å². The topological polar surface area (TPSA) is 52.1 Å². The van der Waals surface area contributed by atoms with Crippen molar-refractivity contribution in [3.63, 3.8) is 0 Å². The van der Waals surface area contributed by atoms with Crippen LogP contribution in [-0.2, 0) is 17.8 Å². The van der Waals surface area contributed by atoms with Crippen molar-refractivity contribution >= 4 is 17.3 Å². The van der Waals surface area contributed by atoms with E-state index < -0.39 is 0 Å².